The first-order valence-electron chi connectivity index (χ1n) is 9.15. The minimum absolute atomic E-state index is 0.0896. The molecule has 1 saturated carbocycles. The summed E-state index contributed by atoms with van der Waals surface area (Å²) in [5.41, 5.74) is 3.35. The quantitative estimate of drug-likeness (QED) is 0.822. The van der Waals surface area contributed by atoms with Gasteiger partial charge in [-0.05, 0) is 62.6 Å². The Kier molecular flexibility index (Phi) is 4.20. The fourth-order valence-corrected chi connectivity index (χ4v) is 5.58. The third kappa shape index (κ3) is 2.91. The average molecular weight is 360 g/mol. The first-order chi connectivity index (χ1) is 12.0. The molecule has 0 atom stereocenters. The van der Waals surface area contributed by atoms with Crippen molar-refractivity contribution in [2.75, 3.05) is 18.4 Å². The highest BCUT2D eigenvalue weighted by molar-refractivity contribution is 7.89. The molecule has 2 fully saturated rings. The van der Waals surface area contributed by atoms with Crippen LogP contribution in [0.1, 0.15) is 51.0 Å². The van der Waals surface area contributed by atoms with E-state index in [4.69, 9.17) is 0 Å². The molecule has 2 aliphatic heterocycles. The van der Waals surface area contributed by atoms with Crippen molar-refractivity contribution in [1.29, 1.82) is 0 Å². The van der Waals surface area contributed by atoms with Crippen LogP contribution in [0.4, 0.5) is 5.69 Å². The van der Waals surface area contributed by atoms with Gasteiger partial charge in [0.15, 0.2) is 0 Å². The molecule has 1 saturated heterocycles. The molecule has 1 N–H and O–H groups in total. The molecule has 25 heavy (non-hydrogen) atoms. The van der Waals surface area contributed by atoms with Crippen LogP contribution in [0, 0.1) is 5.92 Å². The number of carbonyl (C=O) groups is 1. The van der Waals surface area contributed by atoms with Crippen molar-refractivity contribution in [3.63, 3.8) is 0 Å². The van der Waals surface area contributed by atoms with Gasteiger partial charge in [0.2, 0.25) is 10.0 Å². The lowest BCUT2D eigenvalue weighted by Gasteiger charge is -2.29. The Labute approximate surface area is 149 Å². The van der Waals surface area contributed by atoms with Gasteiger partial charge in [-0.3, -0.25) is 4.79 Å². The van der Waals surface area contributed by atoms with Gasteiger partial charge in [-0.1, -0.05) is 12.5 Å². The Hall–Kier alpha value is -1.66. The number of nitrogens with one attached hydrogen (secondary N) is 1. The summed E-state index contributed by atoms with van der Waals surface area (Å²) in [7, 11) is -3.50. The fraction of sp³-hybridized carbons (Fsp3) is 0.526. The molecule has 0 bridgehead atoms. The van der Waals surface area contributed by atoms with Crippen LogP contribution < -0.4 is 5.32 Å². The van der Waals surface area contributed by atoms with E-state index < -0.39 is 10.0 Å². The minimum Gasteiger partial charge on any atom is -0.321 e. The summed E-state index contributed by atoms with van der Waals surface area (Å²) in [4.78, 5) is 12.7. The maximum Gasteiger partial charge on any atom is 0.256 e. The summed E-state index contributed by atoms with van der Waals surface area (Å²) in [6, 6.07) is 5.05. The second-order valence-corrected chi connectivity index (χ2v) is 9.37. The van der Waals surface area contributed by atoms with Crippen LogP contribution in [0.2, 0.25) is 0 Å². The van der Waals surface area contributed by atoms with E-state index in [0.717, 1.165) is 55.3 Å². The number of benzene rings is 1. The highest BCUT2D eigenvalue weighted by atomic mass is 32.2. The zero-order valence-corrected chi connectivity index (χ0v) is 15.4. The molecule has 0 radical (unpaired) electrons. The van der Waals surface area contributed by atoms with Crippen molar-refractivity contribution in [3.8, 4) is 0 Å². The Morgan fingerprint density at radius 2 is 1.80 bits per heavy atom. The molecule has 0 spiro atoms. The van der Waals surface area contributed by atoms with E-state index in [1.54, 1.807) is 22.5 Å². The fourth-order valence-electron chi connectivity index (χ4n) is 4.08. The van der Waals surface area contributed by atoms with Gasteiger partial charge in [-0.25, -0.2) is 8.42 Å². The summed E-state index contributed by atoms with van der Waals surface area (Å²) in [5, 5.41) is 2.88. The number of allylic oxidation sites excluding steroid dienone is 1. The number of piperidine rings is 1. The summed E-state index contributed by atoms with van der Waals surface area (Å²) in [6.07, 6.45) is 5.88. The van der Waals surface area contributed by atoms with Crippen molar-refractivity contribution in [2.24, 2.45) is 5.92 Å². The molecule has 6 heteroatoms. The Morgan fingerprint density at radius 3 is 2.48 bits per heavy atom. The second kappa shape index (κ2) is 6.25. The molecular weight excluding hydrogens is 336 g/mol. The van der Waals surface area contributed by atoms with Crippen molar-refractivity contribution in [1.82, 2.24) is 4.31 Å². The monoisotopic (exact) mass is 360 g/mol. The zero-order chi connectivity index (χ0) is 17.6. The SMILES string of the molecule is CC1CCN(S(=O)(=O)c2ccc3c(c2)C(=C2CCCC2)C(=O)N3)CC1. The van der Waals surface area contributed by atoms with Crippen LogP contribution in [0.3, 0.4) is 0 Å². The van der Waals surface area contributed by atoms with Gasteiger partial charge in [0.1, 0.15) is 0 Å². The summed E-state index contributed by atoms with van der Waals surface area (Å²) in [5.74, 6) is 0.486. The van der Waals surface area contributed by atoms with Crippen molar-refractivity contribution in [3.05, 3.63) is 29.3 Å². The molecule has 0 aromatic heterocycles. The lowest BCUT2D eigenvalue weighted by molar-refractivity contribution is -0.110. The van der Waals surface area contributed by atoms with Crippen LogP contribution in [-0.2, 0) is 14.8 Å². The number of fused-ring (bicyclic) bond motifs is 1. The molecule has 5 nitrogen and oxygen atoms in total. The van der Waals surface area contributed by atoms with Gasteiger partial charge in [-0.2, -0.15) is 4.31 Å². The van der Waals surface area contributed by atoms with E-state index in [2.05, 4.69) is 12.2 Å². The number of amides is 1. The lowest BCUT2D eigenvalue weighted by atomic mass is 10.00. The van der Waals surface area contributed by atoms with E-state index in [0.29, 0.717) is 29.5 Å². The number of nitrogens with zero attached hydrogens (tertiary/aromatic N) is 1. The third-order valence-electron chi connectivity index (χ3n) is 5.68. The Morgan fingerprint density at radius 1 is 1.12 bits per heavy atom. The number of anilines is 1. The van der Waals surface area contributed by atoms with Crippen molar-refractivity contribution < 1.29 is 13.2 Å². The Balaban J connectivity index is 1.72. The average Bonchev–Trinajstić information content (AvgIpc) is 3.20. The maximum atomic E-state index is 13.0. The van der Waals surface area contributed by atoms with Gasteiger partial charge in [0.25, 0.3) is 5.91 Å². The van der Waals surface area contributed by atoms with E-state index in [9.17, 15) is 13.2 Å². The normalized spacial score (nSPS) is 22.4. The predicted octanol–water partition coefficient (Wildman–Crippen LogP) is 3.39. The summed E-state index contributed by atoms with van der Waals surface area (Å²) < 4.78 is 27.6. The summed E-state index contributed by atoms with van der Waals surface area (Å²) in [6.45, 7) is 3.31. The van der Waals surface area contributed by atoms with E-state index in [1.807, 2.05) is 0 Å². The van der Waals surface area contributed by atoms with Crippen LogP contribution in [0.25, 0.3) is 5.57 Å². The van der Waals surface area contributed by atoms with Gasteiger partial charge in [-0.15, -0.1) is 0 Å². The highest BCUT2D eigenvalue weighted by Gasteiger charge is 2.32. The van der Waals surface area contributed by atoms with Gasteiger partial charge >= 0.3 is 0 Å². The first-order valence-corrected chi connectivity index (χ1v) is 10.6. The van der Waals surface area contributed by atoms with E-state index >= 15 is 0 Å². The van der Waals surface area contributed by atoms with Crippen LogP contribution in [-0.4, -0.2) is 31.7 Å². The summed E-state index contributed by atoms with van der Waals surface area (Å²) >= 11 is 0. The highest BCUT2D eigenvalue weighted by Crippen LogP contribution is 2.40. The molecule has 3 aliphatic rings. The minimum atomic E-state index is -3.50. The van der Waals surface area contributed by atoms with Gasteiger partial charge in [0, 0.05) is 29.9 Å². The molecule has 0 unspecified atom stereocenters. The van der Waals surface area contributed by atoms with E-state index in [1.165, 1.54) is 0 Å². The van der Waals surface area contributed by atoms with Crippen molar-refractivity contribution >= 4 is 27.2 Å². The number of carbonyl (C=O) groups excluding carboxylic acids is 1. The molecule has 134 valence electrons. The number of sulfonamides is 1. The zero-order valence-electron chi connectivity index (χ0n) is 14.5. The van der Waals surface area contributed by atoms with Gasteiger partial charge in [0.05, 0.1) is 4.90 Å². The Bertz CT molecular complexity index is 841. The molecule has 4 rings (SSSR count). The maximum absolute atomic E-state index is 13.0. The number of hydrogen-bond donors (Lipinski definition) is 1. The standard InChI is InChI=1S/C19H24N2O3S/c1-13-8-10-21(11-9-13)25(23,24)15-6-7-17-16(12-15)18(19(22)20-17)14-4-2-3-5-14/h6-7,12-13H,2-5,8-11H2,1H3,(H,20,22). The first kappa shape index (κ1) is 16.8. The number of hydrogen-bond acceptors (Lipinski definition) is 3. The van der Waals surface area contributed by atoms with E-state index in [-0.39, 0.29) is 5.91 Å². The van der Waals surface area contributed by atoms with Crippen LogP contribution >= 0.6 is 0 Å². The largest absolute Gasteiger partial charge is 0.321 e. The smallest absolute Gasteiger partial charge is 0.256 e. The second-order valence-electron chi connectivity index (χ2n) is 7.43. The molecule has 1 aromatic carbocycles. The van der Waals surface area contributed by atoms with Crippen LogP contribution in [0.15, 0.2) is 28.7 Å². The molecule has 2 heterocycles. The third-order valence-corrected chi connectivity index (χ3v) is 7.57. The molecular formula is C19H24N2O3S. The van der Waals surface area contributed by atoms with Crippen LogP contribution in [0.5, 0.6) is 0 Å². The van der Waals surface area contributed by atoms with Crippen molar-refractivity contribution in [2.45, 2.75) is 50.3 Å². The molecule has 1 amide bonds. The molecule has 1 aliphatic carbocycles. The van der Waals surface area contributed by atoms with Gasteiger partial charge < -0.3 is 5.32 Å². The lowest BCUT2D eigenvalue weighted by Crippen LogP contribution is -2.37. The predicted molar refractivity (Wildman–Crippen MR) is 97.6 cm³/mol. The number of rotatable bonds is 2. The topological polar surface area (TPSA) is 66.5 Å². The molecule has 1 aromatic rings.